The van der Waals surface area contributed by atoms with Crippen molar-refractivity contribution < 1.29 is 9.59 Å². The summed E-state index contributed by atoms with van der Waals surface area (Å²) in [7, 11) is 0. The number of amides is 2. The average Bonchev–Trinajstić information content (AvgIpc) is 2.70. The number of hydrogen-bond donors (Lipinski definition) is 1. The Morgan fingerprint density at radius 3 is 2.31 bits per heavy atom. The summed E-state index contributed by atoms with van der Waals surface area (Å²) in [5.74, 6) is 0.308. The van der Waals surface area contributed by atoms with Gasteiger partial charge in [-0.05, 0) is 36.8 Å². The summed E-state index contributed by atoms with van der Waals surface area (Å²) in [4.78, 5) is 27.8. The van der Waals surface area contributed by atoms with Gasteiger partial charge in [-0.3, -0.25) is 9.59 Å². The van der Waals surface area contributed by atoms with Crippen LogP contribution in [0.2, 0.25) is 0 Å². The molecule has 4 nitrogen and oxygen atoms in total. The summed E-state index contributed by atoms with van der Waals surface area (Å²) >= 11 is 0. The molecule has 1 atom stereocenters. The summed E-state index contributed by atoms with van der Waals surface area (Å²) in [6.07, 6.45) is 1.64. The molecule has 0 aliphatic heterocycles. The highest BCUT2D eigenvalue weighted by Crippen LogP contribution is 2.13. The molecule has 0 aromatic heterocycles. The Kier molecular flexibility index (Phi) is 8.91. The lowest BCUT2D eigenvalue weighted by molar-refractivity contribution is -0.140. The normalized spacial score (nSPS) is 11.9. The molecule has 0 fully saturated rings. The van der Waals surface area contributed by atoms with Crippen molar-refractivity contribution in [2.45, 2.75) is 53.0 Å². The molecule has 0 radical (unpaired) electrons. The summed E-state index contributed by atoms with van der Waals surface area (Å²) in [5.41, 5.74) is 3.28. The maximum Gasteiger partial charge on any atom is 0.242 e. The van der Waals surface area contributed by atoms with Crippen LogP contribution in [0, 0.1) is 12.8 Å². The molecular formula is C25H34N2O2. The minimum Gasteiger partial charge on any atom is -0.354 e. The van der Waals surface area contributed by atoms with E-state index in [1.807, 2.05) is 56.3 Å². The van der Waals surface area contributed by atoms with Gasteiger partial charge in [-0.25, -0.2) is 0 Å². The lowest BCUT2D eigenvalue weighted by Crippen LogP contribution is -2.51. The predicted molar refractivity (Wildman–Crippen MR) is 119 cm³/mol. The third kappa shape index (κ3) is 7.37. The number of hydrogen-bond acceptors (Lipinski definition) is 2. The molecule has 1 N–H and O–H groups in total. The van der Waals surface area contributed by atoms with Gasteiger partial charge in [0.1, 0.15) is 6.04 Å². The van der Waals surface area contributed by atoms with E-state index in [1.165, 1.54) is 5.56 Å². The molecule has 2 aromatic carbocycles. The van der Waals surface area contributed by atoms with Gasteiger partial charge in [-0.2, -0.15) is 0 Å². The molecule has 4 heteroatoms. The van der Waals surface area contributed by atoms with E-state index in [9.17, 15) is 9.59 Å². The number of benzene rings is 2. The molecule has 0 aliphatic carbocycles. The summed E-state index contributed by atoms with van der Waals surface area (Å²) in [6, 6.07) is 17.7. The first-order valence-corrected chi connectivity index (χ1v) is 10.6. The maximum absolute atomic E-state index is 13.2. The Balaban J connectivity index is 2.17. The fourth-order valence-electron chi connectivity index (χ4n) is 3.42. The van der Waals surface area contributed by atoms with Gasteiger partial charge in [0, 0.05) is 13.1 Å². The standard InChI is InChI=1S/C25H34N2O2/c1-5-23(25(29)26-18-19(2)3)27(15-14-21-11-7-6-8-12-21)24(28)17-22-13-9-10-20(4)16-22/h6-13,16,19,23H,5,14-15,17-18H2,1-4H3,(H,26,29)/t23-/m0/s1. The van der Waals surface area contributed by atoms with E-state index in [4.69, 9.17) is 0 Å². The molecule has 0 saturated carbocycles. The number of nitrogens with zero attached hydrogens (tertiary/aromatic N) is 1. The van der Waals surface area contributed by atoms with Gasteiger partial charge in [-0.15, -0.1) is 0 Å². The lowest BCUT2D eigenvalue weighted by atomic mass is 10.0. The topological polar surface area (TPSA) is 49.4 Å². The molecule has 29 heavy (non-hydrogen) atoms. The molecule has 0 unspecified atom stereocenters. The van der Waals surface area contributed by atoms with E-state index in [1.54, 1.807) is 4.90 Å². The van der Waals surface area contributed by atoms with Gasteiger partial charge in [-0.1, -0.05) is 80.9 Å². The van der Waals surface area contributed by atoms with Crippen LogP contribution >= 0.6 is 0 Å². The minimum absolute atomic E-state index is 0.00178. The van der Waals surface area contributed by atoms with E-state index in [2.05, 4.69) is 31.3 Å². The second-order valence-corrected chi connectivity index (χ2v) is 8.05. The first-order chi connectivity index (χ1) is 13.9. The highest BCUT2D eigenvalue weighted by Gasteiger charge is 2.28. The van der Waals surface area contributed by atoms with Crippen LogP contribution in [-0.4, -0.2) is 35.8 Å². The van der Waals surface area contributed by atoms with Crippen molar-refractivity contribution in [3.63, 3.8) is 0 Å². The second kappa shape index (κ2) is 11.4. The van der Waals surface area contributed by atoms with Crippen molar-refractivity contribution in [1.29, 1.82) is 0 Å². The summed E-state index contributed by atoms with van der Waals surface area (Å²) in [5, 5.41) is 3.01. The van der Waals surface area contributed by atoms with E-state index >= 15 is 0 Å². The van der Waals surface area contributed by atoms with Crippen molar-refractivity contribution in [3.8, 4) is 0 Å². The van der Waals surface area contributed by atoms with Crippen LogP contribution in [0.1, 0.15) is 43.9 Å². The minimum atomic E-state index is -0.449. The number of aryl methyl sites for hydroxylation is 1. The smallest absolute Gasteiger partial charge is 0.242 e. The maximum atomic E-state index is 13.2. The average molecular weight is 395 g/mol. The van der Waals surface area contributed by atoms with E-state index in [0.29, 0.717) is 31.8 Å². The monoisotopic (exact) mass is 394 g/mol. The van der Waals surface area contributed by atoms with Crippen molar-refractivity contribution in [2.75, 3.05) is 13.1 Å². The van der Waals surface area contributed by atoms with Gasteiger partial charge in [0.05, 0.1) is 6.42 Å². The third-order valence-electron chi connectivity index (χ3n) is 4.99. The zero-order valence-corrected chi connectivity index (χ0v) is 18.2. The van der Waals surface area contributed by atoms with Gasteiger partial charge in [0.2, 0.25) is 11.8 Å². The SMILES string of the molecule is CC[C@@H](C(=O)NCC(C)C)N(CCc1ccccc1)C(=O)Cc1cccc(C)c1. The van der Waals surface area contributed by atoms with Crippen LogP contribution in [0.4, 0.5) is 0 Å². The van der Waals surface area contributed by atoms with Crippen LogP contribution < -0.4 is 5.32 Å². The van der Waals surface area contributed by atoms with Crippen molar-refractivity contribution in [3.05, 3.63) is 71.3 Å². The molecule has 0 aliphatic rings. The van der Waals surface area contributed by atoms with Crippen LogP contribution in [0.5, 0.6) is 0 Å². The highest BCUT2D eigenvalue weighted by atomic mass is 16.2. The fourth-order valence-corrected chi connectivity index (χ4v) is 3.42. The van der Waals surface area contributed by atoms with E-state index in [-0.39, 0.29) is 11.8 Å². The largest absolute Gasteiger partial charge is 0.354 e. The number of carbonyl (C=O) groups excluding carboxylic acids is 2. The van der Waals surface area contributed by atoms with Crippen molar-refractivity contribution >= 4 is 11.8 Å². The summed E-state index contributed by atoms with van der Waals surface area (Å²) < 4.78 is 0. The van der Waals surface area contributed by atoms with E-state index < -0.39 is 6.04 Å². The summed E-state index contributed by atoms with van der Waals surface area (Å²) in [6.45, 7) is 9.27. The zero-order chi connectivity index (χ0) is 21.2. The van der Waals surface area contributed by atoms with Crippen LogP contribution in [0.15, 0.2) is 54.6 Å². The number of nitrogens with one attached hydrogen (secondary N) is 1. The Bertz CT molecular complexity index is 786. The van der Waals surface area contributed by atoms with Gasteiger partial charge in [0.15, 0.2) is 0 Å². The molecule has 2 amide bonds. The molecule has 0 bridgehead atoms. The first kappa shape index (κ1) is 22.7. The van der Waals surface area contributed by atoms with Gasteiger partial charge >= 0.3 is 0 Å². The van der Waals surface area contributed by atoms with Crippen LogP contribution in [0.25, 0.3) is 0 Å². The third-order valence-corrected chi connectivity index (χ3v) is 4.99. The number of rotatable bonds is 10. The van der Waals surface area contributed by atoms with Crippen molar-refractivity contribution in [2.24, 2.45) is 5.92 Å². The van der Waals surface area contributed by atoms with Crippen LogP contribution in [0.3, 0.4) is 0 Å². The molecule has 0 heterocycles. The van der Waals surface area contributed by atoms with Crippen LogP contribution in [-0.2, 0) is 22.4 Å². The highest BCUT2D eigenvalue weighted by molar-refractivity contribution is 5.88. The Morgan fingerprint density at radius 2 is 1.69 bits per heavy atom. The van der Waals surface area contributed by atoms with Gasteiger partial charge < -0.3 is 10.2 Å². The molecular weight excluding hydrogens is 360 g/mol. The van der Waals surface area contributed by atoms with E-state index in [0.717, 1.165) is 17.5 Å². The number of carbonyl (C=O) groups is 2. The Labute approximate surface area is 175 Å². The Hall–Kier alpha value is -2.62. The second-order valence-electron chi connectivity index (χ2n) is 8.05. The zero-order valence-electron chi connectivity index (χ0n) is 18.2. The molecule has 0 spiro atoms. The van der Waals surface area contributed by atoms with Gasteiger partial charge in [0.25, 0.3) is 0 Å². The molecule has 0 saturated heterocycles. The quantitative estimate of drug-likeness (QED) is 0.658. The first-order valence-electron chi connectivity index (χ1n) is 10.6. The lowest BCUT2D eigenvalue weighted by Gasteiger charge is -2.31. The molecule has 2 rings (SSSR count). The van der Waals surface area contributed by atoms with Crippen molar-refractivity contribution in [1.82, 2.24) is 10.2 Å². The molecule has 156 valence electrons. The predicted octanol–water partition coefficient (Wildman–Crippen LogP) is 4.16. The fraction of sp³-hybridized carbons (Fsp3) is 0.440. The molecule has 2 aromatic rings. The Morgan fingerprint density at radius 1 is 1.00 bits per heavy atom.